The molecule has 1 aliphatic rings. The smallest absolute Gasteiger partial charge is 0.131 e. The summed E-state index contributed by atoms with van der Waals surface area (Å²) in [6.07, 6.45) is 4.88. The molecule has 0 fully saturated rings. The number of nitrogens with zero attached hydrogens (tertiary/aromatic N) is 1. The van der Waals surface area contributed by atoms with Crippen molar-refractivity contribution in [3.63, 3.8) is 0 Å². The maximum absolute atomic E-state index is 10.8. The van der Waals surface area contributed by atoms with Gasteiger partial charge in [0.2, 0.25) is 0 Å². The van der Waals surface area contributed by atoms with Gasteiger partial charge in [0.25, 0.3) is 0 Å². The van der Waals surface area contributed by atoms with Gasteiger partial charge in [-0.15, -0.1) is 0 Å². The normalized spacial score (nSPS) is 14.6. The molecular weight excluding hydrogens is 266 g/mol. The lowest BCUT2D eigenvalue weighted by molar-refractivity contribution is -0.107. The van der Waals surface area contributed by atoms with Crippen LogP contribution in [0.3, 0.4) is 0 Å². The number of allylic oxidation sites excluding steroid dienone is 1. The van der Waals surface area contributed by atoms with Crippen LogP contribution in [0.1, 0.15) is 23.2 Å². The third-order valence-electron chi connectivity index (χ3n) is 3.44. The van der Waals surface area contributed by atoms with Crippen molar-refractivity contribution in [2.45, 2.75) is 13.0 Å². The second-order valence-corrected chi connectivity index (χ2v) is 4.67. The minimum Gasteiger partial charge on any atom is -0.497 e. The fraction of sp³-hybridized carbons (Fsp3) is 0.176. The van der Waals surface area contributed by atoms with E-state index in [9.17, 15) is 4.79 Å². The molecular formula is C17H15NO3. The first-order valence-electron chi connectivity index (χ1n) is 6.72. The van der Waals surface area contributed by atoms with Crippen molar-refractivity contribution in [1.29, 1.82) is 0 Å². The second kappa shape index (κ2) is 5.79. The van der Waals surface area contributed by atoms with Crippen LogP contribution in [0, 0.1) is 0 Å². The summed E-state index contributed by atoms with van der Waals surface area (Å²) in [5.74, 6) is 1.52. The molecule has 0 radical (unpaired) electrons. The van der Waals surface area contributed by atoms with Crippen molar-refractivity contribution in [2.24, 2.45) is 0 Å². The summed E-state index contributed by atoms with van der Waals surface area (Å²) in [7, 11) is 1.63. The first-order valence-corrected chi connectivity index (χ1v) is 6.72. The predicted octanol–water partition coefficient (Wildman–Crippen LogP) is 3.00. The second-order valence-electron chi connectivity index (χ2n) is 4.67. The highest BCUT2D eigenvalue weighted by Crippen LogP contribution is 2.38. The molecule has 0 aliphatic carbocycles. The van der Waals surface area contributed by atoms with E-state index in [1.807, 2.05) is 36.4 Å². The van der Waals surface area contributed by atoms with Gasteiger partial charge in [0.15, 0.2) is 0 Å². The summed E-state index contributed by atoms with van der Waals surface area (Å²) >= 11 is 0. The molecule has 0 N–H and O–H groups in total. The minimum atomic E-state index is 0.348. The Balaban J connectivity index is 2.21. The van der Waals surface area contributed by atoms with Crippen molar-refractivity contribution < 1.29 is 14.3 Å². The highest BCUT2D eigenvalue weighted by molar-refractivity contribution is 5.86. The quantitative estimate of drug-likeness (QED) is 0.811. The minimum absolute atomic E-state index is 0.348. The molecule has 3 rings (SSSR count). The van der Waals surface area contributed by atoms with Gasteiger partial charge >= 0.3 is 0 Å². The molecule has 0 spiro atoms. The van der Waals surface area contributed by atoms with Crippen LogP contribution in [-0.2, 0) is 11.4 Å². The van der Waals surface area contributed by atoms with Crippen molar-refractivity contribution in [1.82, 2.24) is 4.98 Å². The zero-order valence-corrected chi connectivity index (χ0v) is 11.7. The summed E-state index contributed by atoms with van der Waals surface area (Å²) in [5, 5.41) is 0. The van der Waals surface area contributed by atoms with Gasteiger partial charge in [0.05, 0.1) is 12.8 Å². The molecule has 21 heavy (non-hydrogen) atoms. The fourth-order valence-electron chi connectivity index (χ4n) is 2.45. The number of hydrogen-bond acceptors (Lipinski definition) is 4. The first kappa shape index (κ1) is 13.4. The lowest BCUT2D eigenvalue weighted by atomic mass is 9.95. The van der Waals surface area contributed by atoms with E-state index in [1.165, 1.54) is 0 Å². The molecule has 0 saturated carbocycles. The van der Waals surface area contributed by atoms with Crippen molar-refractivity contribution >= 4 is 11.9 Å². The van der Waals surface area contributed by atoms with Crippen LogP contribution >= 0.6 is 0 Å². The lowest BCUT2D eigenvalue weighted by Crippen LogP contribution is -1.98. The molecule has 1 aromatic heterocycles. The van der Waals surface area contributed by atoms with Gasteiger partial charge in [0, 0.05) is 23.7 Å². The van der Waals surface area contributed by atoms with Crippen molar-refractivity contribution in [3.05, 3.63) is 59.4 Å². The number of aromatic nitrogens is 1. The monoisotopic (exact) mass is 281 g/mol. The Labute approximate surface area is 123 Å². The number of fused-ring (bicyclic) bond motifs is 2. The molecule has 106 valence electrons. The number of methoxy groups -OCH3 is 1. The molecule has 0 atom stereocenters. The predicted molar refractivity (Wildman–Crippen MR) is 79.3 cm³/mol. The van der Waals surface area contributed by atoms with Gasteiger partial charge in [0.1, 0.15) is 24.4 Å². The maximum Gasteiger partial charge on any atom is 0.131 e. The number of rotatable bonds is 3. The first-order chi connectivity index (χ1) is 10.3. The largest absolute Gasteiger partial charge is 0.497 e. The maximum atomic E-state index is 10.8. The fourth-order valence-corrected chi connectivity index (χ4v) is 2.45. The van der Waals surface area contributed by atoms with E-state index in [0.29, 0.717) is 13.0 Å². The standard InChI is InChI=1S/C17H15NO3/c1-20-12-6-7-17-15(10-12)13(5-3-9-19)14-4-2-8-18-16(14)11-21-17/h2,4-10H,3,11H2,1H3. The number of pyridine rings is 1. The molecule has 4 nitrogen and oxygen atoms in total. The third kappa shape index (κ3) is 2.52. The van der Waals surface area contributed by atoms with Gasteiger partial charge in [-0.05, 0) is 29.8 Å². The summed E-state index contributed by atoms with van der Waals surface area (Å²) in [5.41, 5.74) is 3.73. The highest BCUT2D eigenvalue weighted by atomic mass is 16.5. The van der Waals surface area contributed by atoms with Gasteiger partial charge in [-0.3, -0.25) is 4.98 Å². The van der Waals surface area contributed by atoms with E-state index in [1.54, 1.807) is 13.3 Å². The van der Waals surface area contributed by atoms with E-state index >= 15 is 0 Å². The van der Waals surface area contributed by atoms with Crippen LogP contribution < -0.4 is 9.47 Å². The average molecular weight is 281 g/mol. The average Bonchev–Trinajstić information content (AvgIpc) is 2.69. The van der Waals surface area contributed by atoms with Crippen LogP contribution in [0.25, 0.3) is 5.57 Å². The van der Waals surface area contributed by atoms with E-state index in [0.717, 1.165) is 40.2 Å². The van der Waals surface area contributed by atoms with Crippen LogP contribution in [0.5, 0.6) is 11.5 Å². The Hall–Kier alpha value is -2.62. The molecule has 4 heteroatoms. The van der Waals surface area contributed by atoms with E-state index in [2.05, 4.69) is 4.98 Å². The molecule has 1 aliphatic heterocycles. The van der Waals surface area contributed by atoms with Gasteiger partial charge in [-0.1, -0.05) is 12.1 Å². The van der Waals surface area contributed by atoms with E-state index in [-0.39, 0.29) is 0 Å². The number of carbonyl (C=O) groups excluding carboxylic acids is 1. The Bertz CT molecular complexity index is 707. The molecule has 0 amide bonds. The number of aldehydes is 1. The summed E-state index contributed by atoms with van der Waals surface area (Å²) in [6, 6.07) is 9.55. The van der Waals surface area contributed by atoms with Crippen molar-refractivity contribution in [2.75, 3.05) is 7.11 Å². The Morgan fingerprint density at radius 3 is 3.05 bits per heavy atom. The molecule has 2 heterocycles. The number of carbonyl (C=O) groups is 1. The summed E-state index contributed by atoms with van der Waals surface area (Å²) in [6.45, 7) is 0.411. The van der Waals surface area contributed by atoms with Crippen LogP contribution in [-0.4, -0.2) is 18.4 Å². The zero-order chi connectivity index (χ0) is 14.7. The van der Waals surface area contributed by atoms with E-state index in [4.69, 9.17) is 9.47 Å². The Morgan fingerprint density at radius 1 is 1.33 bits per heavy atom. The zero-order valence-electron chi connectivity index (χ0n) is 11.7. The van der Waals surface area contributed by atoms with Crippen molar-refractivity contribution in [3.8, 4) is 11.5 Å². The SMILES string of the molecule is COc1ccc2c(c1)C(=CCC=O)c1cccnc1CO2. The topological polar surface area (TPSA) is 48.4 Å². The molecule has 0 saturated heterocycles. The number of hydrogen-bond donors (Lipinski definition) is 0. The number of benzene rings is 1. The van der Waals surface area contributed by atoms with Gasteiger partial charge in [-0.2, -0.15) is 0 Å². The summed E-state index contributed by atoms with van der Waals surface area (Å²) in [4.78, 5) is 15.1. The van der Waals surface area contributed by atoms with E-state index < -0.39 is 0 Å². The van der Waals surface area contributed by atoms with Crippen LogP contribution in [0.15, 0.2) is 42.6 Å². The molecule has 2 aromatic rings. The Kier molecular flexibility index (Phi) is 3.69. The van der Waals surface area contributed by atoms with Crippen LogP contribution in [0.2, 0.25) is 0 Å². The highest BCUT2D eigenvalue weighted by Gasteiger charge is 2.20. The van der Waals surface area contributed by atoms with Gasteiger partial charge < -0.3 is 14.3 Å². The third-order valence-corrected chi connectivity index (χ3v) is 3.44. The summed E-state index contributed by atoms with van der Waals surface area (Å²) < 4.78 is 11.1. The van der Waals surface area contributed by atoms with Crippen LogP contribution in [0.4, 0.5) is 0 Å². The lowest BCUT2D eigenvalue weighted by Gasteiger charge is -2.11. The molecule has 0 unspecified atom stereocenters. The molecule has 1 aromatic carbocycles. The number of ether oxygens (including phenoxy) is 2. The Morgan fingerprint density at radius 2 is 2.24 bits per heavy atom. The van der Waals surface area contributed by atoms with Gasteiger partial charge in [-0.25, -0.2) is 0 Å². The molecule has 0 bridgehead atoms.